The Morgan fingerprint density at radius 2 is 2.26 bits per heavy atom. The van der Waals surface area contributed by atoms with Crippen molar-refractivity contribution in [1.29, 1.82) is 0 Å². The van der Waals surface area contributed by atoms with Crippen LogP contribution in [0.4, 0.5) is 0 Å². The molecule has 0 aliphatic heterocycles. The first-order valence-electron chi connectivity index (χ1n) is 5.82. The Hall–Kier alpha value is -1.57. The number of hydrogen-bond donors (Lipinski definition) is 1. The van der Waals surface area contributed by atoms with E-state index in [0.29, 0.717) is 11.6 Å². The highest BCUT2D eigenvalue weighted by atomic mass is 35.5. The standard InChI is InChI=1S/C11H11ClN6S/c1-2-13-5-7-6-14-17-18(7)11-8(12)3-4-9-10(11)16-19-15-9/h3-4,6,13H,2,5H2,1H3. The molecule has 0 fully saturated rings. The Labute approximate surface area is 118 Å². The van der Waals surface area contributed by atoms with Gasteiger partial charge in [0.25, 0.3) is 0 Å². The van der Waals surface area contributed by atoms with Gasteiger partial charge in [-0.05, 0) is 18.7 Å². The molecular weight excluding hydrogens is 284 g/mol. The van der Waals surface area contributed by atoms with Crippen molar-refractivity contribution in [3.05, 3.63) is 29.0 Å². The Kier molecular flexibility index (Phi) is 3.41. The van der Waals surface area contributed by atoms with E-state index in [1.165, 1.54) is 0 Å². The van der Waals surface area contributed by atoms with Crippen LogP contribution in [0.2, 0.25) is 5.02 Å². The van der Waals surface area contributed by atoms with Gasteiger partial charge in [-0.25, -0.2) is 4.68 Å². The molecule has 0 spiro atoms. The van der Waals surface area contributed by atoms with E-state index in [9.17, 15) is 0 Å². The average Bonchev–Trinajstić information content (AvgIpc) is 3.04. The zero-order valence-electron chi connectivity index (χ0n) is 10.2. The van der Waals surface area contributed by atoms with Gasteiger partial charge in [-0.1, -0.05) is 23.7 Å². The fourth-order valence-electron chi connectivity index (χ4n) is 1.83. The third-order valence-corrected chi connectivity index (χ3v) is 3.59. The van der Waals surface area contributed by atoms with Crippen molar-refractivity contribution in [1.82, 2.24) is 29.1 Å². The molecule has 1 N–H and O–H groups in total. The average molecular weight is 295 g/mol. The summed E-state index contributed by atoms with van der Waals surface area (Å²) in [6.07, 6.45) is 1.72. The first-order valence-corrected chi connectivity index (χ1v) is 6.93. The van der Waals surface area contributed by atoms with Crippen LogP contribution in [0, 0.1) is 0 Å². The molecule has 0 aliphatic rings. The second kappa shape index (κ2) is 5.20. The minimum absolute atomic E-state index is 0.587. The lowest BCUT2D eigenvalue weighted by molar-refractivity contribution is 0.674. The van der Waals surface area contributed by atoms with Gasteiger partial charge in [-0.2, -0.15) is 8.75 Å². The first-order chi connectivity index (χ1) is 9.31. The van der Waals surface area contributed by atoms with E-state index in [1.807, 2.05) is 13.0 Å². The molecule has 3 rings (SSSR count). The number of benzene rings is 1. The number of nitrogens with one attached hydrogen (secondary N) is 1. The molecule has 0 saturated heterocycles. The summed E-state index contributed by atoms with van der Waals surface area (Å²) in [6, 6.07) is 3.66. The van der Waals surface area contributed by atoms with E-state index in [1.54, 1.807) is 16.9 Å². The molecule has 0 saturated carbocycles. The van der Waals surface area contributed by atoms with Gasteiger partial charge in [0.1, 0.15) is 16.7 Å². The number of halogens is 1. The fourth-order valence-corrected chi connectivity index (χ4v) is 2.60. The van der Waals surface area contributed by atoms with E-state index in [4.69, 9.17) is 11.6 Å². The molecule has 0 radical (unpaired) electrons. The maximum absolute atomic E-state index is 6.29. The molecule has 6 nitrogen and oxygen atoms in total. The number of aromatic nitrogens is 5. The minimum Gasteiger partial charge on any atom is -0.311 e. The normalized spacial score (nSPS) is 11.3. The van der Waals surface area contributed by atoms with Crippen LogP contribution in [0.5, 0.6) is 0 Å². The van der Waals surface area contributed by atoms with E-state index in [0.717, 1.165) is 40.7 Å². The Morgan fingerprint density at radius 1 is 1.37 bits per heavy atom. The second-order valence-corrected chi connectivity index (χ2v) is 4.88. The van der Waals surface area contributed by atoms with Crippen molar-refractivity contribution in [3.8, 4) is 5.69 Å². The molecule has 2 aromatic heterocycles. The third kappa shape index (κ3) is 2.20. The van der Waals surface area contributed by atoms with Crippen LogP contribution in [0.3, 0.4) is 0 Å². The van der Waals surface area contributed by atoms with E-state index in [-0.39, 0.29) is 0 Å². The van der Waals surface area contributed by atoms with Crippen molar-refractivity contribution >= 4 is 34.4 Å². The fraction of sp³-hybridized carbons (Fsp3) is 0.273. The third-order valence-electron chi connectivity index (χ3n) is 2.74. The summed E-state index contributed by atoms with van der Waals surface area (Å²) < 4.78 is 10.2. The van der Waals surface area contributed by atoms with Crippen molar-refractivity contribution in [3.63, 3.8) is 0 Å². The van der Waals surface area contributed by atoms with E-state index >= 15 is 0 Å². The van der Waals surface area contributed by atoms with Gasteiger partial charge in [-0.3, -0.25) is 0 Å². The number of fused-ring (bicyclic) bond motifs is 1. The van der Waals surface area contributed by atoms with Crippen LogP contribution in [0.25, 0.3) is 16.7 Å². The van der Waals surface area contributed by atoms with Crippen LogP contribution in [0.15, 0.2) is 18.3 Å². The molecule has 8 heteroatoms. The quantitative estimate of drug-likeness (QED) is 0.797. The summed E-state index contributed by atoms with van der Waals surface area (Å²) in [4.78, 5) is 0. The number of nitrogens with zero attached hydrogens (tertiary/aromatic N) is 5. The van der Waals surface area contributed by atoms with Gasteiger partial charge >= 0.3 is 0 Å². The van der Waals surface area contributed by atoms with Crippen molar-refractivity contribution in [2.75, 3.05) is 6.54 Å². The highest BCUT2D eigenvalue weighted by Crippen LogP contribution is 2.28. The van der Waals surface area contributed by atoms with Gasteiger partial charge in [-0.15, -0.1) is 5.10 Å². The zero-order chi connectivity index (χ0) is 13.2. The van der Waals surface area contributed by atoms with Gasteiger partial charge in [0.2, 0.25) is 0 Å². The molecule has 0 amide bonds. The predicted octanol–water partition coefficient (Wildman–Crippen LogP) is 2.03. The summed E-state index contributed by atoms with van der Waals surface area (Å²) in [6.45, 7) is 3.60. The lowest BCUT2D eigenvalue weighted by Gasteiger charge is -2.08. The molecule has 2 heterocycles. The molecule has 0 bridgehead atoms. The van der Waals surface area contributed by atoms with Gasteiger partial charge in [0.15, 0.2) is 0 Å². The van der Waals surface area contributed by atoms with Crippen molar-refractivity contribution < 1.29 is 0 Å². The van der Waals surface area contributed by atoms with Gasteiger partial charge < -0.3 is 5.32 Å². The Bertz CT molecular complexity index is 706. The predicted molar refractivity (Wildman–Crippen MR) is 74.7 cm³/mol. The Balaban J connectivity index is 2.16. The molecule has 0 aliphatic carbocycles. The van der Waals surface area contributed by atoms with Gasteiger partial charge in [0, 0.05) is 6.54 Å². The summed E-state index contributed by atoms with van der Waals surface area (Å²) in [7, 11) is 0. The molecule has 98 valence electrons. The highest BCUT2D eigenvalue weighted by Gasteiger charge is 2.15. The molecular formula is C11H11ClN6S. The lowest BCUT2D eigenvalue weighted by atomic mass is 10.2. The van der Waals surface area contributed by atoms with Gasteiger partial charge in [0.05, 0.1) is 28.6 Å². The monoisotopic (exact) mass is 294 g/mol. The summed E-state index contributed by atoms with van der Waals surface area (Å²) in [5, 5.41) is 11.9. The Morgan fingerprint density at radius 3 is 3.11 bits per heavy atom. The van der Waals surface area contributed by atoms with E-state index < -0.39 is 0 Å². The smallest absolute Gasteiger partial charge is 0.132 e. The molecule has 19 heavy (non-hydrogen) atoms. The van der Waals surface area contributed by atoms with Crippen molar-refractivity contribution in [2.24, 2.45) is 0 Å². The van der Waals surface area contributed by atoms with Crippen LogP contribution < -0.4 is 5.32 Å². The number of hydrogen-bond acceptors (Lipinski definition) is 6. The summed E-state index contributed by atoms with van der Waals surface area (Å²) in [5.74, 6) is 0. The maximum Gasteiger partial charge on any atom is 0.132 e. The van der Waals surface area contributed by atoms with Crippen LogP contribution >= 0.6 is 23.3 Å². The molecule has 0 unspecified atom stereocenters. The van der Waals surface area contributed by atoms with Crippen LogP contribution in [-0.4, -0.2) is 30.3 Å². The first kappa shape index (κ1) is 12.5. The molecule has 3 aromatic rings. The number of rotatable bonds is 4. The SMILES string of the molecule is CCNCc1cnnn1-c1c(Cl)ccc2nsnc12. The van der Waals surface area contributed by atoms with Crippen LogP contribution in [-0.2, 0) is 6.54 Å². The molecule has 0 atom stereocenters. The van der Waals surface area contributed by atoms with E-state index in [2.05, 4.69) is 24.4 Å². The highest BCUT2D eigenvalue weighted by molar-refractivity contribution is 7.00. The zero-order valence-corrected chi connectivity index (χ0v) is 11.7. The van der Waals surface area contributed by atoms with Crippen LogP contribution in [0.1, 0.15) is 12.6 Å². The minimum atomic E-state index is 0.587. The second-order valence-electron chi connectivity index (χ2n) is 3.95. The lowest BCUT2D eigenvalue weighted by Crippen LogP contribution is -2.15. The largest absolute Gasteiger partial charge is 0.311 e. The molecule has 1 aromatic carbocycles. The summed E-state index contributed by atoms with van der Waals surface area (Å²) in [5.41, 5.74) is 3.23. The van der Waals surface area contributed by atoms with Crippen molar-refractivity contribution in [2.45, 2.75) is 13.5 Å². The topological polar surface area (TPSA) is 68.5 Å². The maximum atomic E-state index is 6.29. The summed E-state index contributed by atoms with van der Waals surface area (Å²) >= 11 is 7.45.